The predicted molar refractivity (Wildman–Crippen MR) is 98.2 cm³/mol. The molecule has 3 N–H and O–H groups in total. The molecule has 2 rings (SSSR count). The highest BCUT2D eigenvalue weighted by Gasteiger charge is 2.30. The molecule has 2 aromatic carbocycles. The fourth-order valence-corrected chi connectivity index (χ4v) is 2.28. The van der Waals surface area contributed by atoms with Crippen LogP contribution in [0.3, 0.4) is 0 Å². The van der Waals surface area contributed by atoms with Crippen molar-refractivity contribution in [3.05, 3.63) is 58.1 Å². The molecule has 0 aliphatic heterocycles. The van der Waals surface area contributed by atoms with Crippen LogP contribution in [0.1, 0.15) is 5.56 Å². The summed E-state index contributed by atoms with van der Waals surface area (Å²) < 4.78 is 37.9. The van der Waals surface area contributed by atoms with Crippen molar-refractivity contribution in [2.24, 2.45) is 0 Å². The van der Waals surface area contributed by atoms with Gasteiger partial charge >= 0.3 is 18.0 Å². The summed E-state index contributed by atoms with van der Waals surface area (Å²) in [6, 6.07) is 8.14. The minimum absolute atomic E-state index is 0.102. The van der Waals surface area contributed by atoms with E-state index < -0.39 is 36.0 Å². The summed E-state index contributed by atoms with van der Waals surface area (Å²) in [6.45, 7) is -0.621. The lowest BCUT2D eigenvalue weighted by Gasteiger charge is -2.10. The zero-order valence-electron chi connectivity index (χ0n) is 13.9. The lowest BCUT2D eigenvalue weighted by molar-refractivity contribution is -0.137. The summed E-state index contributed by atoms with van der Waals surface area (Å²) in [5.74, 6) is -2.99. The maximum Gasteiger partial charge on any atom is 0.416 e. The molecular formula is C17H12Cl2F3N3O3. The lowest BCUT2D eigenvalue weighted by Crippen LogP contribution is -2.39. The number of rotatable bonds is 4. The Morgan fingerprint density at radius 3 is 2.18 bits per heavy atom. The van der Waals surface area contributed by atoms with E-state index in [1.165, 1.54) is 24.3 Å². The van der Waals surface area contributed by atoms with E-state index in [1.54, 1.807) is 0 Å². The normalized spacial score (nSPS) is 10.9. The molecule has 0 aliphatic rings. The third-order valence-electron chi connectivity index (χ3n) is 3.27. The van der Waals surface area contributed by atoms with Crippen LogP contribution >= 0.6 is 23.2 Å². The number of anilines is 2. The molecule has 0 bridgehead atoms. The highest BCUT2D eigenvalue weighted by atomic mass is 35.5. The zero-order chi connectivity index (χ0) is 20.9. The summed E-state index contributed by atoms with van der Waals surface area (Å²) >= 11 is 11.5. The molecule has 148 valence electrons. The third kappa shape index (κ3) is 6.14. The van der Waals surface area contributed by atoms with E-state index in [1.807, 2.05) is 5.32 Å². The number of amides is 3. The Morgan fingerprint density at radius 2 is 1.54 bits per heavy atom. The van der Waals surface area contributed by atoms with Gasteiger partial charge in [0.1, 0.15) is 0 Å². The first-order valence-electron chi connectivity index (χ1n) is 7.57. The van der Waals surface area contributed by atoms with E-state index in [4.69, 9.17) is 23.2 Å². The van der Waals surface area contributed by atoms with Crippen molar-refractivity contribution in [2.75, 3.05) is 17.2 Å². The Labute approximate surface area is 167 Å². The number of nitrogens with one attached hydrogen (secondary N) is 3. The highest BCUT2D eigenvalue weighted by molar-refractivity contribution is 6.43. The fourth-order valence-electron chi connectivity index (χ4n) is 1.98. The quantitative estimate of drug-likeness (QED) is 0.642. The molecular weight excluding hydrogens is 422 g/mol. The van der Waals surface area contributed by atoms with Crippen LogP contribution in [0.2, 0.25) is 10.0 Å². The van der Waals surface area contributed by atoms with Gasteiger partial charge in [-0.2, -0.15) is 13.2 Å². The van der Waals surface area contributed by atoms with Crippen molar-refractivity contribution >= 4 is 52.3 Å². The average molecular weight is 434 g/mol. The van der Waals surface area contributed by atoms with Crippen LogP contribution in [0, 0.1) is 0 Å². The van der Waals surface area contributed by atoms with Gasteiger partial charge in [-0.3, -0.25) is 14.4 Å². The second-order valence-corrected chi connectivity index (χ2v) is 6.21. The Bertz CT molecular complexity index is 920. The number of hydrogen-bond donors (Lipinski definition) is 3. The number of alkyl halides is 3. The Hall–Kier alpha value is -2.78. The number of carbonyl (C=O) groups is 3. The van der Waals surface area contributed by atoms with Crippen molar-refractivity contribution in [1.29, 1.82) is 0 Å². The van der Waals surface area contributed by atoms with E-state index in [-0.39, 0.29) is 21.4 Å². The molecule has 2 aromatic rings. The Kier molecular flexibility index (Phi) is 6.87. The van der Waals surface area contributed by atoms with Gasteiger partial charge in [0.15, 0.2) is 0 Å². The maximum absolute atomic E-state index is 12.6. The maximum atomic E-state index is 12.6. The molecule has 11 heteroatoms. The highest BCUT2D eigenvalue weighted by Crippen LogP contribution is 2.30. The molecule has 0 saturated carbocycles. The van der Waals surface area contributed by atoms with Crippen LogP contribution in [0.5, 0.6) is 0 Å². The summed E-state index contributed by atoms with van der Waals surface area (Å²) in [5, 5.41) is 6.93. The summed E-state index contributed by atoms with van der Waals surface area (Å²) in [7, 11) is 0. The van der Waals surface area contributed by atoms with Gasteiger partial charge in [0.05, 0.1) is 22.2 Å². The van der Waals surface area contributed by atoms with Crippen molar-refractivity contribution in [3.63, 3.8) is 0 Å². The first-order chi connectivity index (χ1) is 13.1. The van der Waals surface area contributed by atoms with Gasteiger partial charge in [0.25, 0.3) is 0 Å². The number of hydrogen-bond acceptors (Lipinski definition) is 3. The fraction of sp³-hybridized carbons (Fsp3) is 0.118. The minimum atomic E-state index is -4.56. The van der Waals surface area contributed by atoms with Gasteiger partial charge in [0, 0.05) is 11.4 Å². The van der Waals surface area contributed by atoms with E-state index in [0.29, 0.717) is 0 Å². The van der Waals surface area contributed by atoms with Crippen molar-refractivity contribution in [1.82, 2.24) is 5.32 Å². The first-order valence-corrected chi connectivity index (χ1v) is 8.33. The van der Waals surface area contributed by atoms with Crippen LogP contribution in [-0.4, -0.2) is 24.3 Å². The van der Waals surface area contributed by atoms with Gasteiger partial charge in [-0.05, 0) is 36.4 Å². The predicted octanol–water partition coefficient (Wildman–Crippen LogP) is 3.71. The van der Waals surface area contributed by atoms with E-state index in [9.17, 15) is 27.6 Å². The molecule has 0 radical (unpaired) electrons. The van der Waals surface area contributed by atoms with Gasteiger partial charge in [0.2, 0.25) is 5.91 Å². The van der Waals surface area contributed by atoms with E-state index in [2.05, 4.69) is 10.6 Å². The summed E-state index contributed by atoms with van der Waals surface area (Å²) in [6.07, 6.45) is -4.56. The molecule has 0 fully saturated rings. The monoisotopic (exact) mass is 433 g/mol. The third-order valence-corrected chi connectivity index (χ3v) is 4.01. The standard InChI is InChI=1S/C17H12Cl2F3N3O3/c18-12-5-4-11(7-13(12)19)25-16(28)15(27)23-8-14(26)24-10-3-1-2-9(6-10)17(20,21)22/h1-7H,8H2,(H,23,27)(H,24,26)(H,25,28). The van der Waals surface area contributed by atoms with Gasteiger partial charge in [-0.15, -0.1) is 0 Å². The van der Waals surface area contributed by atoms with Crippen LogP contribution in [-0.2, 0) is 20.6 Å². The molecule has 0 atom stereocenters. The molecule has 28 heavy (non-hydrogen) atoms. The van der Waals surface area contributed by atoms with Crippen molar-refractivity contribution in [2.45, 2.75) is 6.18 Å². The second kappa shape index (κ2) is 8.94. The molecule has 3 amide bonds. The topological polar surface area (TPSA) is 87.3 Å². The molecule has 0 saturated heterocycles. The zero-order valence-corrected chi connectivity index (χ0v) is 15.4. The van der Waals surface area contributed by atoms with Gasteiger partial charge in [-0.1, -0.05) is 29.3 Å². The van der Waals surface area contributed by atoms with Crippen molar-refractivity contribution in [3.8, 4) is 0 Å². The largest absolute Gasteiger partial charge is 0.416 e. The Morgan fingerprint density at radius 1 is 0.857 bits per heavy atom. The molecule has 0 heterocycles. The second-order valence-electron chi connectivity index (χ2n) is 5.39. The molecule has 0 unspecified atom stereocenters. The summed E-state index contributed by atoms with van der Waals surface area (Å²) in [4.78, 5) is 35.3. The first kappa shape index (κ1) is 21.5. The smallest absolute Gasteiger partial charge is 0.339 e. The molecule has 0 aromatic heterocycles. The number of benzene rings is 2. The summed E-state index contributed by atoms with van der Waals surface area (Å²) in [5.41, 5.74) is -0.826. The molecule has 0 aliphatic carbocycles. The van der Waals surface area contributed by atoms with Crippen LogP contribution in [0.4, 0.5) is 24.5 Å². The van der Waals surface area contributed by atoms with Crippen LogP contribution < -0.4 is 16.0 Å². The van der Waals surface area contributed by atoms with E-state index >= 15 is 0 Å². The van der Waals surface area contributed by atoms with E-state index in [0.717, 1.165) is 18.2 Å². The molecule has 6 nitrogen and oxygen atoms in total. The minimum Gasteiger partial charge on any atom is -0.339 e. The van der Waals surface area contributed by atoms with Gasteiger partial charge in [-0.25, -0.2) is 0 Å². The lowest BCUT2D eigenvalue weighted by atomic mass is 10.2. The average Bonchev–Trinajstić information content (AvgIpc) is 2.62. The SMILES string of the molecule is O=C(CNC(=O)C(=O)Nc1ccc(Cl)c(Cl)c1)Nc1cccc(C(F)(F)F)c1. The number of halogens is 5. The van der Waals surface area contributed by atoms with Gasteiger partial charge < -0.3 is 16.0 Å². The van der Waals surface area contributed by atoms with Crippen LogP contribution in [0.15, 0.2) is 42.5 Å². The number of carbonyl (C=O) groups excluding carboxylic acids is 3. The Balaban J connectivity index is 1.87. The van der Waals surface area contributed by atoms with Crippen molar-refractivity contribution < 1.29 is 27.6 Å². The molecule has 0 spiro atoms. The van der Waals surface area contributed by atoms with Crippen LogP contribution in [0.25, 0.3) is 0 Å².